The van der Waals surface area contributed by atoms with Gasteiger partial charge in [0.1, 0.15) is 5.60 Å². The van der Waals surface area contributed by atoms with Crippen LogP contribution in [0.4, 0.5) is 10.5 Å². The van der Waals surface area contributed by atoms with Crippen LogP contribution in [-0.4, -0.2) is 34.6 Å². The number of non-ortho nitro benzene ring substituents is 1. The van der Waals surface area contributed by atoms with Crippen molar-refractivity contribution in [3.63, 3.8) is 0 Å². The third kappa shape index (κ3) is 5.68. The average molecular weight is 334 g/mol. The number of nitro benzene ring substituents is 1. The van der Waals surface area contributed by atoms with Crippen molar-refractivity contribution in [2.75, 3.05) is 13.1 Å². The van der Waals surface area contributed by atoms with E-state index in [0.717, 1.165) is 11.1 Å². The van der Waals surface area contributed by atoms with Crippen LogP contribution in [0.15, 0.2) is 30.3 Å². The summed E-state index contributed by atoms with van der Waals surface area (Å²) in [6, 6.07) is 6.48. The fourth-order valence-electron chi connectivity index (χ4n) is 2.22. The summed E-state index contributed by atoms with van der Waals surface area (Å²) in [7, 11) is 0. The standard InChI is InChI=1S/C16H20N2O4.C2H6/c1-16(2,3)22-15(19)17-10-8-13(9-11-17)12-4-6-14(7-5-12)18(20)21;1-2/h4-8H,9-11H2,1-3H3;1-2H3. The van der Waals surface area contributed by atoms with Gasteiger partial charge in [-0.25, -0.2) is 4.79 Å². The molecular weight excluding hydrogens is 308 g/mol. The molecular formula is C18H26N2O4. The number of nitro groups is 1. The Morgan fingerprint density at radius 1 is 1.21 bits per heavy atom. The Morgan fingerprint density at radius 2 is 1.79 bits per heavy atom. The van der Waals surface area contributed by atoms with Crippen LogP contribution in [0.25, 0.3) is 5.57 Å². The molecule has 1 aromatic carbocycles. The second-order valence-electron chi connectivity index (χ2n) is 6.21. The summed E-state index contributed by atoms with van der Waals surface area (Å²) < 4.78 is 5.34. The van der Waals surface area contributed by atoms with E-state index in [1.165, 1.54) is 12.1 Å². The molecule has 0 aliphatic carbocycles. The Balaban J connectivity index is 0.00000139. The molecule has 1 aliphatic heterocycles. The van der Waals surface area contributed by atoms with Gasteiger partial charge in [0.15, 0.2) is 0 Å². The molecule has 0 radical (unpaired) electrons. The highest BCUT2D eigenvalue weighted by Crippen LogP contribution is 2.25. The number of benzene rings is 1. The number of hydrogen-bond acceptors (Lipinski definition) is 4. The normalized spacial score (nSPS) is 14.2. The van der Waals surface area contributed by atoms with Gasteiger partial charge in [-0.1, -0.05) is 19.9 Å². The van der Waals surface area contributed by atoms with Crippen molar-refractivity contribution in [2.24, 2.45) is 0 Å². The lowest BCUT2D eigenvalue weighted by molar-refractivity contribution is -0.384. The van der Waals surface area contributed by atoms with E-state index < -0.39 is 10.5 Å². The van der Waals surface area contributed by atoms with Gasteiger partial charge < -0.3 is 9.64 Å². The van der Waals surface area contributed by atoms with E-state index in [4.69, 9.17) is 4.74 Å². The van der Waals surface area contributed by atoms with Crippen molar-refractivity contribution < 1.29 is 14.5 Å². The van der Waals surface area contributed by atoms with Crippen LogP contribution in [0.3, 0.4) is 0 Å². The summed E-state index contributed by atoms with van der Waals surface area (Å²) in [5, 5.41) is 10.7. The van der Waals surface area contributed by atoms with Crippen molar-refractivity contribution in [3.8, 4) is 0 Å². The molecule has 2 rings (SSSR count). The van der Waals surface area contributed by atoms with Gasteiger partial charge in [0, 0.05) is 25.2 Å². The van der Waals surface area contributed by atoms with Crippen LogP contribution in [0.2, 0.25) is 0 Å². The fourth-order valence-corrected chi connectivity index (χ4v) is 2.22. The molecule has 6 nitrogen and oxygen atoms in total. The first-order valence-corrected chi connectivity index (χ1v) is 8.18. The molecule has 1 amide bonds. The van der Waals surface area contributed by atoms with Gasteiger partial charge >= 0.3 is 6.09 Å². The van der Waals surface area contributed by atoms with E-state index in [-0.39, 0.29) is 11.8 Å². The second-order valence-corrected chi connectivity index (χ2v) is 6.21. The van der Waals surface area contributed by atoms with E-state index >= 15 is 0 Å². The molecule has 1 aliphatic rings. The maximum Gasteiger partial charge on any atom is 0.410 e. The van der Waals surface area contributed by atoms with Crippen LogP contribution in [-0.2, 0) is 4.74 Å². The monoisotopic (exact) mass is 334 g/mol. The van der Waals surface area contributed by atoms with Gasteiger partial charge in [-0.3, -0.25) is 10.1 Å². The lowest BCUT2D eigenvalue weighted by Gasteiger charge is -2.29. The summed E-state index contributed by atoms with van der Waals surface area (Å²) in [5.41, 5.74) is 1.62. The zero-order valence-corrected chi connectivity index (χ0v) is 15.0. The summed E-state index contributed by atoms with van der Waals surface area (Å²) in [6.07, 6.45) is 2.36. The molecule has 1 heterocycles. The molecule has 0 N–H and O–H groups in total. The number of rotatable bonds is 2. The molecule has 0 unspecified atom stereocenters. The predicted octanol–water partition coefficient (Wildman–Crippen LogP) is 4.65. The SMILES string of the molecule is CC.CC(C)(C)OC(=O)N1CC=C(c2ccc([N+](=O)[O-])cc2)CC1. The average Bonchev–Trinajstić information content (AvgIpc) is 2.55. The Kier molecular flexibility index (Phi) is 6.95. The van der Waals surface area contributed by atoms with Gasteiger partial charge in [0.25, 0.3) is 5.69 Å². The highest BCUT2D eigenvalue weighted by atomic mass is 16.6. The lowest BCUT2D eigenvalue weighted by atomic mass is 9.99. The zero-order chi connectivity index (χ0) is 18.3. The largest absolute Gasteiger partial charge is 0.444 e. The van der Waals surface area contributed by atoms with Crippen molar-refractivity contribution in [3.05, 3.63) is 46.0 Å². The highest BCUT2D eigenvalue weighted by molar-refractivity contribution is 5.73. The minimum atomic E-state index is -0.501. The Bertz CT molecular complexity index is 600. The molecule has 0 saturated heterocycles. The zero-order valence-electron chi connectivity index (χ0n) is 15.0. The third-order valence-corrected chi connectivity index (χ3v) is 3.31. The number of amides is 1. The first-order chi connectivity index (χ1) is 11.3. The summed E-state index contributed by atoms with van der Waals surface area (Å²) in [4.78, 5) is 23.9. The molecule has 24 heavy (non-hydrogen) atoms. The number of nitrogens with zero attached hydrogens (tertiary/aromatic N) is 2. The number of hydrogen-bond donors (Lipinski definition) is 0. The molecule has 1 aromatic rings. The van der Waals surface area contributed by atoms with E-state index in [1.54, 1.807) is 17.0 Å². The third-order valence-electron chi connectivity index (χ3n) is 3.31. The van der Waals surface area contributed by atoms with E-state index in [0.29, 0.717) is 19.5 Å². The Labute approximate surface area is 143 Å². The molecule has 0 spiro atoms. The quantitative estimate of drug-likeness (QED) is 0.583. The predicted molar refractivity (Wildman–Crippen MR) is 94.8 cm³/mol. The van der Waals surface area contributed by atoms with Gasteiger partial charge in [-0.2, -0.15) is 0 Å². The maximum atomic E-state index is 12.0. The van der Waals surface area contributed by atoms with Gasteiger partial charge in [0.05, 0.1) is 4.92 Å². The Hall–Kier alpha value is -2.37. The van der Waals surface area contributed by atoms with Gasteiger partial charge in [-0.05, 0) is 50.5 Å². The molecule has 0 atom stereocenters. The van der Waals surface area contributed by atoms with Crippen molar-refractivity contribution in [1.82, 2.24) is 4.90 Å². The molecule has 132 valence electrons. The minimum absolute atomic E-state index is 0.0792. The van der Waals surface area contributed by atoms with Crippen molar-refractivity contribution in [1.29, 1.82) is 0 Å². The van der Waals surface area contributed by atoms with E-state index in [2.05, 4.69) is 0 Å². The molecule has 6 heteroatoms. The first kappa shape index (κ1) is 19.7. The van der Waals surface area contributed by atoms with Crippen LogP contribution < -0.4 is 0 Å². The molecule has 0 aromatic heterocycles. The van der Waals surface area contributed by atoms with Crippen LogP contribution in [0.1, 0.15) is 46.6 Å². The van der Waals surface area contributed by atoms with Gasteiger partial charge in [-0.15, -0.1) is 0 Å². The van der Waals surface area contributed by atoms with E-state index in [9.17, 15) is 14.9 Å². The smallest absolute Gasteiger partial charge is 0.410 e. The number of carbonyl (C=O) groups excluding carboxylic acids is 1. The topological polar surface area (TPSA) is 72.7 Å². The molecule has 0 fully saturated rings. The first-order valence-electron chi connectivity index (χ1n) is 8.18. The number of carbonyl (C=O) groups is 1. The van der Waals surface area contributed by atoms with Gasteiger partial charge in [0.2, 0.25) is 0 Å². The number of ether oxygens (including phenoxy) is 1. The van der Waals surface area contributed by atoms with Crippen LogP contribution >= 0.6 is 0 Å². The Morgan fingerprint density at radius 3 is 2.21 bits per heavy atom. The van der Waals surface area contributed by atoms with Crippen LogP contribution in [0.5, 0.6) is 0 Å². The molecule has 0 saturated carbocycles. The second kappa shape index (κ2) is 8.47. The maximum absolute atomic E-state index is 12.0. The summed E-state index contributed by atoms with van der Waals surface area (Å²) in [6.45, 7) is 10.6. The van der Waals surface area contributed by atoms with Crippen molar-refractivity contribution in [2.45, 2.75) is 46.6 Å². The molecule has 0 bridgehead atoms. The highest BCUT2D eigenvalue weighted by Gasteiger charge is 2.23. The lowest BCUT2D eigenvalue weighted by Crippen LogP contribution is -2.39. The summed E-state index contributed by atoms with van der Waals surface area (Å²) >= 11 is 0. The van der Waals surface area contributed by atoms with Crippen LogP contribution in [0, 0.1) is 10.1 Å². The minimum Gasteiger partial charge on any atom is -0.444 e. The van der Waals surface area contributed by atoms with Crippen molar-refractivity contribution >= 4 is 17.4 Å². The summed E-state index contributed by atoms with van der Waals surface area (Å²) in [5.74, 6) is 0. The fraction of sp³-hybridized carbons (Fsp3) is 0.500. The van der Waals surface area contributed by atoms with E-state index in [1.807, 2.05) is 40.7 Å².